The summed E-state index contributed by atoms with van der Waals surface area (Å²) in [4.78, 5) is 4.51. The zero-order valence-electron chi connectivity index (χ0n) is 12.7. The van der Waals surface area contributed by atoms with E-state index in [0.717, 1.165) is 17.9 Å². The Kier molecular flexibility index (Phi) is 5.17. The van der Waals surface area contributed by atoms with Crippen molar-refractivity contribution < 1.29 is 4.74 Å². The number of ether oxygens (including phenoxy) is 1. The highest BCUT2D eigenvalue weighted by molar-refractivity contribution is 14.1. The van der Waals surface area contributed by atoms with Crippen molar-refractivity contribution in [3.63, 3.8) is 0 Å². The zero-order chi connectivity index (χ0) is 16.2. The highest BCUT2D eigenvalue weighted by atomic mass is 127. The minimum absolute atomic E-state index is 0.189. The van der Waals surface area contributed by atoms with Gasteiger partial charge in [0, 0.05) is 14.9 Å². The summed E-state index contributed by atoms with van der Waals surface area (Å²) in [5.74, 6) is 1.05. The van der Waals surface area contributed by atoms with Gasteiger partial charge in [0.2, 0.25) is 0 Å². The van der Waals surface area contributed by atoms with Gasteiger partial charge in [0.15, 0.2) is 5.13 Å². The quantitative estimate of drug-likeness (QED) is 0.590. The number of thiazole rings is 1. The van der Waals surface area contributed by atoms with E-state index in [1.165, 1.54) is 26.0 Å². The molecule has 2 N–H and O–H groups in total. The van der Waals surface area contributed by atoms with Crippen LogP contribution in [0.1, 0.15) is 22.7 Å². The Bertz CT molecular complexity index is 768. The van der Waals surface area contributed by atoms with E-state index in [0.29, 0.717) is 5.13 Å². The number of nitrogen functional groups attached to an aromatic ring is 1. The highest BCUT2D eigenvalue weighted by Crippen LogP contribution is 2.31. The van der Waals surface area contributed by atoms with Crippen LogP contribution in [0.5, 0.6) is 5.75 Å². The van der Waals surface area contributed by atoms with Crippen LogP contribution in [-0.2, 0) is 6.42 Å². The molecule has 0 saturated heterocycles. The van der Waals surface area contributed by atoms with Gasteiger partial charge in [-0.2, -0.15) is 0 Å². The Morgan fingerprint density at radius 3 is 2.39 bits per heavy atom. The van der Waals surface area contributed by atoms with Crippen molar-refractivity contribution in [2.24, 2.45) is 0 Å². The molecule has 0 saturated carbocycles. The van der Waals surface area contributed by atoms with Crippen LogP contribution < -0.4 is 10.5 Å². The minimum atomic E-state index is 0.189. The maximum absolute atomic E-state index is 5.84. The number of anilines is 1. The Balaban J connectivity index is 1.94. The highest BCUT2D eigenvalue weighted by Gasteiger charge is 2.18. The Morgan fingerprint density at radius 2 is 1.83 bits per heavy atom. The normalized spacial score (nSPS) is 12.1. The first-order valence-corrected chi connectivity index (χ1v) is 9.21. The van der Waals surface area contributed by atoms with Crippen LogP contribution in [0, 0.1) is 3.57 Å². The van der Waals surface area contributed by atoms with Crippen molar-refractivity contribution in [3.05, 3.63) is 74.3 Å². The standard InChI is InChI=1S/C18H17IN2OS/c1-22-15-8-4-13(5-9-15)16(17-11-23-18(20)21-17)10-12-2-6-14(19)7-3-12/h2-9,11,16H,10H2,1H3,(H2,20,21)/t16-/m0/s1. The molecule has 0 aliphatic carbocycles. The molecule has 2 aromatic carbocycles. The fourth-order valence-corrected chi connectivity index (χ4v) is 3.52. The van der Waals surface area contributed by atoms with Gasteiger partial charge >= 0.3 is 0 Å². The molecular formula is C18H17IN2OS. The summed E-state index contributed by atoms with van der Waals surface area (Å²) in [6.45, 7) is 0. The van der Waals surface area contributed by atoms with E-state index in [9.17, 15) is 0 Å². The van der Waals surface area contributed by atoms with Crippen LogP contribution in [0.2, 0.25) is 0 Å². The van der Waals surface area contributed by atoms with Gasteiger partial charge in [0.1, 0.15) is 5.75 Å². The smallest absolute Gasteiger partial charge is 0.180 e. The molecule has 23 heavy (non-hydrogen) atoms. The number of benzene rings is 2. The van der Waals surface area contributed by atoms with Crippen molar-refractivity contribution in [2.45, 2.75) is 12.3 Å². The molecule has 1 atom stereocenters. The molecule has 0 aliphatic heterocycles. The molecule has 0 radical (unpaired) electrons. The summed E-state index contributed by atoms with van der Waals surface area (Å²) in [6, 6.07) is 16.8. The Labute approximate surface area is 153 Å². The first kappa shape index (κ1) is 16.3. The number of hydrogen-bond donors (Lipinski definition) is 1. The molecule has 3 rings (SSSR count). The lowest BCUT2D eigenvalue weighted by Gasteiger charge is -2.16. The number of hydrogen-bond acceptors (Lipinski definition) is 4. The molecule has 0 fully saturated rings. The number of nitrogens with zero attached hydrogens (tertiary/aromatic N) is 1. The largest absolute Gasteiger partial charge is 0.497 e. The first-order valence-electron chi connectivity index (χ1n) is 7.25. The van der Waals surface area contributed by atoms with E-state index in [-0.39, 0.29) is 5.92 Å². The molecule has 1 aromatic heterocycles. The first-order chi connectivity index (χ1) is 11.2. The Hall–Kier alpha value is -1.60. The number of halogens is 1. The van der Waals surface area contributed by atoms with Crippen LogP contribution in [0.15, 0.2) is 53.9 Å². The van der Waals surface area contributed by atoms with E-state index in [4.69, 9.17) is 10.5 Å². The topological polar surface area (TPSA) is 48.1 Å². The van der Waals surface area contributed by atoms with Gasteiger partial charge < -0.3 is 10.5 Å². The summed E-state index contributed by atoms with van der Waals surface area (Å²) >= 11 is 3.81. The van der Waals surface area contributed by atoms with Crippen molar-refractivity contribution in [1.29, 1.82) is 0 Å². The summed E-state index contributed by atoms with van der Waals surface area (Å²) in [6.07, 6.45) is 0.895. The lowest BCUT2D eigenvalue weighted by Crippen LogP contribution is -2.06. The monoisotopic (exact) mass is 436 g/mol. The second-order valence-corrected chi connectivity index (χ2v) is 7.40. The van der Waals surface area contributed by atoms with Gasteiger partial charge in [0.05, 0.1) is 12.8 Å². The molecule has 1 heterocycles. The molecule has 3 nitrogen and oxygen atoms in total. The summed E-state index contributed by atoms with van der Waals surface area (Å²) < 4.78 is 6.50. The molecule has 0 aliphatic rings. The van der Waals surface area contributed by atoms with E-state index in [2.05, 4.69) is 69.4 Å². The maximum atomic E-state index is 5.84. The van der Waals surface area contributed by atoms with Crippen molar-refractivity contribution in [1.82, 2.24) is 4.98 Å². The molecular weight excluding hydrogens is 419 g/mol. The number of nitrogens with two attached hydrogens (primary N) is 1. The van der Waals surface area contributed by atoms with Gasteiger partial charge in [-0.1, -0.05) is 24.3 Å². The average Bonchev–Trinajstić information content (AvgIpc) is 3.01. The van der Waals surface area contributed by atoms with Gasteiger partial charge in [-0.05, 0) is 64.4 Å². The molecule has 118 valence electrons. The predicted octanol–water partition coefficient (Wildman–Crippen LogP) is 4.71. The van der Waals surface area contributed by atoms with Crippen molar-refractivity contribution >= 4 is 39.1 Å². The van der Waals surface area contributed by atoms with Crippen LogP contribution in [-0.4, -0.2) is 12.1 Å². The second kappa shape index (κ2) is 7.31. The third-order valence-electron chi connectivity index (χ3n) is 3.77. The Morgan fingerprint density at radius 1 is 1.13 bits per heavy atom. The summed E-state index contributed by atoms with van der Waals surface area (Å²) in [7, 11) is 1.68. The van der Waals surface area contributed by atoms with E-state index in [1.54, 1.807) is 7.11 Å². The molecule has 0 amide bonds. The van der Waals surface area contributed by atoms with Gasteiger partial charge in [-0.3, -0.25) is 0 Å². The molecule has 0 unspecified atom stereocenters. The molecule has 0 spiro atoms. The van der Waals surface area contributed by atoms with Gasteiger partial charge in [-0.25, -0.2) is 4.98 Å². The van der Waals surface area contributed by atoms with E-state index >= 15 is 0 Å². The lowest BCUT2D eigenvalue weighted by molar-refractivity contribution is 0.414. The van der Waals surface area contributed by atoms with Crippen molar-refractivity contribution in [2.75, 3.05) is 12.8 Å². The SMILES string of the molecule is COc1ccc([C@H](Cc2ccc(I)cc2)c2csc(N)n2)cc1. The minimum Gasteiger partial charge on any atom is -0.497 e. The van der Waals surface area contributed by atoms with E-state index < -0.39 is 0 Å². The van der Waals surface area contributed by atoms with Crippen LogP contribution in [0.25, 0.3) is 0 Å². The fraction of sp³-hybridized carbons (Fsp3) is 0.167. The second-order valence-electron chi connectivity index (χ2n) is 5.27. The zero-order valence-corrected chi connectivity index (χ0v) is 15.7. The molecule has 3 aromatic rings. The van der Waals surface area contributed by atoms with Gasteiger partial charge in [0.25, 0.3) is 0 Å². The van der Waals surface area contributed by atoms with Crippen LogP contribution in [0.4, 0.5) is 5.13 Å². The number of aromatic nitrogens is 1. The predicted molar refractivity (Wildman–Crippen MR) is 104 cm³/mol. The van der Waals surface area contributed by atoms with Crippen LogP contribution in [0.3, 0.4) is 0 Å². The lowest BCUT2D eigenvalue weighted by atomic mass is 9.90. The van der Waals surface area contributed by atoms with Gasteiger partial charge in [-0.15, -0.1) is 11.3 Å². The van der Waals surface area contributed by atoms with Crippen LogP contribution >= 0.6 is 33.9 Å². The number of rotatable bonds is 5. The number of methoxy groups -OCH3 is 1. The summed E-state index contributed by atoms with van der Waals surface area (Å²) in [5.41, 5.74) is 9.37. The molecule has 5 heteroatoms. The molecule has 0 bridgehead atoms. The maximum Gasteiger partial charge on any atom is 0.180 e. The average molecular weight is 436 g/mol. The fourth-order valence-electron chi connectivity index (χ4n) is 2.55. The third-order valence-corrected chi connectivity index (χ3v) is 5.18. The summed E-state index contributed by atoms with van der Waals surface area (Å²) in [5, 5.41) is 2.66. The van der Waals surface area contributed by atoms with Crippen molar-refractivity contribution in [3.8, 4) is 5.75 Å². The van der Waals surface area contributed by atoms with E-state index in [1.807, 2.05) is 12.1 Å². The third kappa shape index (κ3) is 4.03.